The quantitative estimate of drug-likeness (QED) is 0.748. The van der Waals surface area contributed by atoms with E-state index < -0.39 is 0 Å². The van der Waals surface area contributed by atoms with E-state index >= 15 is 0 Å². The lowest BCUT2D eigenvalue weighted by atomic mass is 9.94. The van der Waals surface area contributed by atoms with Crippen LogP contribution in [0.25, 0.3) is 0 Å². The summed E-state index contributed by atoms with van der Waals surface area (Å²) in [6.45, 7) is 11.1. The second-order valence-electron chi connectivity index (χ2n) is 5.87. The fraction of sp³-hybridized carbons (Fsp3) is 1.00. The minimum atomic E-state index is -0.119. The predicted molar refractivity (Wildman–Crippen MR) is 73.3 cm³/mol. The zero-order chi connectivity index (χ0) is 12.9. The van der Waals surface area contributed by atoms with Crippen molar-refractivity contribution in [2.75, 3.05) is 19.7 Å². The smallest absolute Gasteiger partial charge is 0.0611 e. The Bertz CT molecular complexity index is 212. The van der Waals surface area contributed by atoms with Gasteiger partial charge in [0.05, 0.1) is 6.61 Å². The fourth-order valence-corrected chi connectivity index (χ4v) is 2.94. The summed E-state index contributed by atoms with van der Waals surface area (Å²) in [4.78, 5) is 2.61. The van der Waals surface area contributed by atoms with Gasteiger partial charge >= 0.3 is 0 Å². The van der Waals surface area contributed by atoms with Crippen LogP contribution in [0, 0.1) is 0 Å². The van der Waals surface area contributed by atoms with Crippen LogP contribution >= 0.6 is 0 Å². The maximum atomic E-state index is 9.50. The molecule has 102 valence electrons. The maximum absolute atomic E-state index is 9.50. The van der Waals surface area contributed by atoms with Crippen LogP contribution in [0.15, 0.2) is 0 Å². The SMILES string of the molecule is CCNC(C)(CO)CCN1C(C)CCCC1C. The van der Waals surface area contributed by atoms with Gasteiger partial charge in [0.25, 0.3) is 0 Å². The van der Waals surface area contributed by atoms with Crippen molar-refractivity contribution in [3.63, 3.8) is 0 Å². The molecule has 1 rings (SSSR count). The molecule has 1 heterocycles. The third-order valence-corrected chi connectivity index (χ3v) is 4.25. The van der Waals surface area contributed by atoms with Gasteiger partial charge in [-0.2, -0.15) is 0 Å². The van der Waals surface area contributed by atoms with Crippen LogP contribution in [0.5, 0.6) is 0 Å². The number of rotatable bonds is 6. The number of piperidine rings is 1. The van der Waals surface area contributed by atoms with E-state index in [4.69, 9.17) is 0 Å². The summed E-state index contributed by atoms with van der Waals surface area (Å²) in [6.07, 6.45) is 5.03. The van der Waals surface area contributed by atoms with E-state index in [0.29, 0.717) is 12.1 Å². The second kappa shape index (κ2) is 6.72. The zero-order valence-electron chi connectivity index (χ0n) is 12.0. The first-order valence-electron chi connectivity index (χ1n) is 7.14. The zero-order valence-corrected chi connectivity index (χ0v) is 12.0. The van der Waals surface area contributed by atoms with E-state index in [-0.39, 0.29) is 12.1 Å². The minimum Gasteiger partial charge on any atom is -0.394 e. The van der Waals surface area contributed by atoms with E-state index in [0.717, 1.165) is 19.5 Å². The van der Waals surface area contributed by atoms with Gasteiger partial charge in [0.1, 0.15) is 0 Å². The molecule has 3 atom stereocenters. The molecule has 0 amide bonds. The maximum Gasteiger partial charge on any atom is 0.0611 e. The summed E-state index contributed by atoms with van der Waals surface area (Å²) in [5.41, 5.74) is -0.119. The lowest BCUT2D eigenvalue weighted by Gasteiger charge is -2.41. The molecule has 1 aliphatic rings. The van der Waals surface area contributed by atoms with Crippen molar-refractivity contribution in [3.05, 3.63) is 0 Å². The van der Waals surface area contributed by atoms with Crippen molar-refractivity contribution >= 4 is 0 Å². The number of likely N-dealkylation sites (tertiary alicyclic amines) is 1. The number of aliphatic hydroxyl groups excluding tert-OH is 1. The van der Waals surface area contributed by atoms with Crippen molar-refractivity contribution in [1.82, 2.24) is 10.2 Å². The first-order chi connectivity index (χ1) is 8.02. The second-order valence-corrected chi connectivity index (χ2v) is 5.87. The Labute approximate surface area is 107 Å². The summed E-state index contributed by atoms with van der Waals surface area (Å²) >= 11 is 0. The highest BCUT2D eigenvalue weighted by molar-refractivity contribution is 4.86. The summed E-state index contributed by atoms with van der Waals surface area (Å²) < 4.78 is 0. The number of hydrogen-bond acceptors (Lipinski definition) is 3. The van der Waals surface area contributed by atoms with E-state index in [9.17, 15) is 5.11 Å². The summed E-state index contributed by atoms with van der Waals surface area (Å²) in [6, 6.07) is 1.40. The first kappa shape index (κ1) is 14.9. The Kier molecular flexibility index (Phi) is 5.90. The number of hydrogen-bond donors (Lipinski definition) is 2. The lowest BCUT2D eigenvalue weighted by Crippen LogP contribution is -2.51. The molecule has 0 radical (unpaired) electrons. The van der Waals surface area contributed by atoms with E-state index in [1.807, 2.05) is 0 Å². The molecule has 3 nitrogen and oxygen atoms in total. The first-order valence-corrected chi connectivity index (χ1v) is 7.14. The number of aliphatic hydroxyl groups is 1. The molecule has 1 fully saturated rings. The Morgan fingerprint density at radius 3 is 2.35 bits per heavy atom. The largest absolute Gasteiger partial charge is 0.394 e. The van der Waals surface area contributed by atoms with Crippen LogP contribution in [-0.2, 0) is 0 Å². The molecule has 0 aromatic rings. The average Bonchev–Trinajstić information content (AvgIpc) is 2.29. The highest BCUT2D eigenvalue weighted by Gasteiger charge is 2.28. The summed E-state index contributed by atoms with van der Waals surface area (Å²) in [5, 5.41) is 12.9. The molecular weight excluding hydrogens is 212 g/mol. The van der Waals surface area contributed by atoms with Crippen molar-refractivity contribution in [2.24, 2.45) is 0 Å². The van der Waals surface area contributed by atoms with Gasteiger partial charge < -0.3 is 10.4 Å². The molecule has 17 heavy (non-hydrogen) atoms. The Balaban J connectivity index is 2.46. The lowest BCUT2D eigenvalue weighted by molar-refractivity contribution is 0.0786. The number of nitrogens with one attached hydrogen (secondary N) is 1. The van der Waals surface area contributed by atoms with E-state index in [1.165, 1.54) is 19.3 Å². The molecule has 1 aliphatic heterocycles. The fourth-order valence-electron chi connectivity index (χ4n) is 2.94. The Morgan fingerprint density at radius 1 is 1.29 bits per heavy atom. The Morgan fingerprint density at radius 2 is 1.88 bits per heavy atom. The van der Waals surface area contributed by atoms with Crippen LogP contribution in [0.2, 0.25) is 0 Å². The molecule has 3 unspecified atom stereocenters. The van der Waals surface area contributed by atoms with Gasteiger partial charge in [0.15, 0.2) is 0 Å². The van der Waals surface area contributed by atoms with Gasteiger partial charge in [0.2, 0.25) is 0 Å². The molecule has 0 aromatic carbocycles. The molecular formula is C14H30N2O. The van der Waals surface area contributed by atoms with Gasteiger partial charge in [-0.15, -0.1) is 0 Å². The highest BCUT2D eigenvalue weighted by atomic mass is 16.3. The molecule has 2 N–H and O–H groups in total. The topological polar surface area (TPSA) is 35.5 Å². The third-order valence-electron chi connectivity index (χ3n) is 4.25. The highest BCUT2D eigenvalue weighted by Crippen LogP contribution is 2.23. The van der Waals surface area contributed by atoms with E-state index in [2.05, 4.69) is 37.9 Å². The molecule has 1 saturated heterocycles. The van der Waals surface area contributed by atoms with Gasteiger partial charge in [0, 0.05) is 24.2 Å². The van der Waals surface area contributed by atoms with Crippen LogP contribution in [0.4, 0.5) is 0 Å². The van der Waals surface area contributed by atoms with Crippen molar-refractivity contribution < 1.29 is 5.11 Å². The van der Waals surface area contributed by atoms with Crippen LogP contribution in [0.3, 0.4) is 0 Å². The molecule has 0 spiro atoms. The molecule has 0 aliphatic carbocycles. The van der Waals surface area contributed by atoms with Gasteiger partial charge in [-0.1, -0.05) is 13.3 Å². The normalized spacial score (nSPS) is 30.2. The number of nitrogens with zero attached hydrogens (tertiary/aromatic N) is 1. The molecule has 3 heteroatoms. The molecule has 0 aromatic heterocycles. The van der Waals surface area contributed by atoms with Crippen molar-refractivity contribution in [3.8, 4) is 0 Å². The summed E-state index contributed by atoms with van der Waals surface area (Å²) in [5.74, 6) is 0. The molecule has 0 bridgehead atoms. The van der Waals surface area contributed by atoms with Crippen LogP contribution in [-0.4, -0.2) is 47.3 Å². The Hall–Kier alpha value is -0.120. The third kappa shape index (κ3) is 4.23. The van der Waals surface area contributed by atoms with E-state index in [1.54, 1.807) is 0 Å². The average molecular weight is 242 g/mol. The minimum absolute atomic E-state index is 0.119. The van der Waals surface area contributed by atoms with Gasteiger partial charge in [-0.25, -0.2) is 0 Å². The molecule has 0 saturated carbocycles. The van der Waals surface area contributed by atoms with Crippen molar-refractivity contribution in [2.45, 2.75) is 71.0 Å². The van der Waals surface area contributed by atoms with Gasteiger partial charge in [-0.05, 0) is 46.6 Å². The summed E-state index contributed by atoms with van der Waals surface area (Å²) in [7, 11) is 0. The predicted octanol–water partition coefficient (Wildman–Crippen LogP) is 2.00. The van der Waals surface area contributed by atoms with Crippen LogP contribution in [0.1, 0.15) is 53.4 Å². The monoisotopic (exact) mass is 242 g/mol. The van der Waals surface area contributed by atoms with Gasteiger partial charge in [-0.3, -0.25) is 4.90 Å². The number of likely N-dealkylation sites (N-methyl/N-ethyl adjacent to an activating group) is 1. The van der Waals surface area contributed by atoms with Crippen LogP contribution < -0.4 is 5.32 Å². The standard InChI is InChI=1S/C14H30N2O/c1-5-15-14(4,11-17)9-10-16-12(2)7-6-8-13(16)3/h12-13,15,17H,5-11H2,1-4H3. The van der Waals surface area contributed by atoms with Crippen molar-refractivity contribution in [1.29, 1.82) is 0 Å².